The Balaban J connectivity index is 2.57. The van der Waals surface area contributed by atoms with Gasteiger partial charge >= 0.3 is 0 Å². The molecule has 0 aliphatic heterocycles. The van der Waals surface area contributed by atoms with Crippen LogP contribution in [0.4, 0.5) is 0 Å². The van der Waals surface area contributed by atoms with Crippen LogP contribution in [0.3, 0.4) is 0 Å². The number of nitrogens with two attached hydrogens (primary N) is 1. The van der Waals surface area contributed by atoms with Gasteiger partial charge in [0.05, 0.1) is 12.2 Å². The van der Waals surface area contributed by atoms with Crippen molar-refractivity contribution < 1.29 is 9.47 Å². The number of rotatable bonds is 5. The van der Waals surface area contributed by atoms with Gasteiger partial charge in [-0.25, -0.2) is 0 Å². The van der Waals surface area contributed by atoms with Crippen LogP contribution >= 0.6 is 0 Å². The number of hydrogen-bond donors (Lipinski definition) is 1. The first-order valence-corrected chi connectivity index (χ1v) is 6.40. The Kier molecular flexibility index (Phi) is 5.17. The van der Waals surface area contributed by atoms with E-state index in [4.69, 9.17) is 15.2 Å². The van der Waals surface area contributed by atoms with E-state index in [-0.39, 0.29) is 5.60 Å². The summed E-state index contributed by atoms with van der Waals surface area (Å²) in [4.78, 5) is 0. The van der Waals surface area contributed by atoms with Crippen LogP contribution in [0.15, 0.2) is 12.1 Å². The standard InChI is InChI=1S/C15H25NO2/c1-11-8-13(10-16)9-12(2)14(11)17-6-7-18-15(3,4)5/h8-9H,6-7,10,16H2,1-5H3. The Bertz CT molecular complexity index is 371. The lowest BCUT2D eigenvalue weighted by Gasteiger charge is -2.20. The highest BCUT2D eigenvalue weighted by atomic mass is 16.5. The summed E-state index contributed by atoms with van der Waals surface area (Å²) in [5.74, 6) is 0.949. The van der Waals surface area contributed by atoms with Gasteiger partial charge in [0.15, 0.2) is 0 Å². The van der Waals surface area contributed by atoms with Gasteiger partial charge in [-0.3, -0.25) is 0 Å². The highest BCUT2D eigenvalue weighted by molar-refractivity contribution is 5.43. The fourth-order valence-electron chi connectivity index (χ4n) is 1.88. The van der Waals surface area contributed by atoms with Gasteiger partial charge < -0.3 is 15.2 Å². The molecule has 0 saturated heterocycles. The molecule has 18 heavy (non-hydrogen) atoms. The summed E-state index contributed by atoms with van der Waals surface area (Å²) in [5, 5.41) is 0. The van der Waals surface area contributed by atoms with Gasteiger partial charge in [0.2, 0.25) is 0 Å². The van der Waals surface area contributed by atoms with Crippen LogP contribution in [0.1, 0.15) is 37.5 Å². The molecule has 0 radical (unpaired) electrons. The summed E-state index contributed by atoms with van der Waals surface area (Å²) >= 11 is 0. The largest absolute Gasteiger partial charge is 0.491 e. The molecule has 0 atom stereocenters. The molecule has 0 aliphatic rings. The molecule has 3 heteroatoms. The molecule has 0 amide bonds. The van der Waals surface area contributed by atoms with Crippen molar-refractivity contribution in [3.63, 3.8) is 0 Å². The van der Waals surface area contributed by atoms with Crippen molar-refractivity contribution in [2.24, 2.45) is 5.73 Å². The van der Waals surface area contributed by atoms with Gasteiger partial charge in [-0.05, 0) is 51.3 Å². The Morgan fingerprint density at radius 3 is 2.06 bits per heavy atom. The summed E-state index contributed by atoms with van der Waals surface area (Å²) in [7, 11) is 0. The average Bonchev–Trinajstić information content (AvgIpc) is 2.25. The minimum atomic E-state index is -0.114. The van der Waals surface area contributed by atoms with E-state index in [1.54, 1.807) is 0 Å². The van der Waals surface area contributed by atoms with Crippen molar-refractivity contribution in [3.8, 4) is 5.75 Å². The maximum Gasteiger partial charge on any atom is 0.125 e. The van der Waals surface area contributed by atoms with Crippen molar-refractivity contribution in [3.05, 3.63) is 28.8 Å². The summed E-state index contributed by atoms with van der Waals surface area (Å²) in [6.45, 7) is 12.0. The topological polar surface area (TPSA) is 44.5 Å². The summed E-state index contributed by atoms with van der Waals surface area (Å²) in [6, 6.07) is 4.15. The molecular formula is C15H25NO2. The third-order valence-electron chi connectivity index (χ3n) is 2.62. The normalized spacial score (nSPS) is 11.7. The molecule has 0 bridgehead atoms. The van der Waals surface area contributed by atoms with Crippen LogP contribution in [0, 0.1) is 13.8 Å². The first-order chi connectivity index (χ1) is 8.33. The van der Waals surface area contributed by atoms with E-state index in [9.17, 15) is 0 Å². The maximum absolute atomic E-state index is 5.80. The summed E-state index contributed by atoms with van der Waals surface area (Å²) < 4.78 is 11.4. The fraction of sp³-hybridized carbons (Fsp3) is 0.600. The second-order valence-electron chi connectivity index (χ2n) is 5.57. The predicted octanol–water partition coefficient (Wildman–Crippen LogP) is 2.96. The summed E-state index contributed by atoms with van der Waals surface area (Å²) in [5.41, 5.74) is 8.94. The van der Waals surface area contributed by atoms with Gasteiger partial charge in [-0.2, -0.15) is 0 Å². The molecule has 1 aromatic carbocycles. The van der Waals surface area contributed by atoms with E-state index in [0.717, 1.165) is 22.4 Å². The van der Waals surface area contributed by atoms with Crippen molar-refractivity contribution in [1.82, 2.24) is 0 Å². The van der Waals surface area contributed by atoms with Gasteiger partial charge in [-0.1, -0.05) is 12.1 Å². The second-order valence-corrected chi connectivity index (χ2v) is 5.57. The van der Waals surface area contributed by atoms with E-state index in [1.807, 2.05) is 34.6 Å². The number of hydrogen-bond acceptors (Lipinski definition) is 3. The monoisotopic (exact) mass is 251 g/mol. The minimum absolute atomic E-state index is 0.114. The highest BCUT2D eigenvalue weighted by Gasteiger charge is 2.10. The maximum atomic E-state index is 5.80. The molecule has 0 aromatic heterocycles. The number of benzene rings is 1. The van der Waals surface area contributed by atoms with Gasteiger partial charge in [-0.15, -0.1) is 0 Å². The molecule has 1 aromatic rings. The fourth-order valence-corrected chi connectivity index (χ4v) is 1.88. The van der Waals surface area contributed by atoms with Crippen LogP contribution < -0.4 is 10.5 Å². The lowest BCUT2D eigenvalue weighted by Crippen LogP contribution is -2.22. The van der Waals surface area contributed by atoms with E-state index in [1.165, 1.54) is 0 Å². The average molecular weight is 251 g/mol. The molecular weight excluding hydrogens is 226 g/mol. The third kappa shape index (κ3) is 4.67. The first-order valence-electron chi connectivity index (χ1n) is 6.40. The molecule has 1 rings (SSSR count). The smallest absolute Gasteiger partial charge is 0.125 e. The van der Waals surface area contributed by atoms with E-state index in [0.29, 0.717) is 19.8 Å². The van der Waals surface area contributed by atoms with Crippen LogP contribution in [0.25, 0.3) is 0 Å². The SMILES string of the molecule is Cc1cc(CN)cc(C)c1OCCOC(C)(C)C. The van der Waals surface area contributed by atoms with Crippen molar-refractivity contribution >= 4 is 0 Å². The van der Waals surface area contributed by atoms with E-state index < -0.39 is 0 Å². The van der Waals surface area contributed by atoms with Gasteiger partial charge in [0.25, 0.3) is 0 Å². The first kappa shape index (κ1) is 15.0. The van der Waals surface area contributed by atoms with Crippen LogP contribution in [-0.2, 0) is 11.3 Å². The molecule has 0 fully saturated rings. The van der Waals surface area contributed by atoms with Crippen molar-refractivity contribution in [2.45, 2.75) is 46.8 Å². The Labute approximate surface area is 110 Å². The van der Waals surface area contributed by atoms with Gasteiger partial charge in [0.1, 0.15) is 12.4 Å². The molecule has 2 N–H and O–H groups in total. The molecule has 0 heterocycles. The second kappa shape index (κ2) is 6.21. The molecule has 0 saturated carbocycles. The van der Waals surface area contributed by atoms with Crippen molar-refractivity contribution in [1.29, 1.82) is 0 Å². The molecule has 102 valence electrons. The van der Waals surface area contributed by atoms with Crippen LogP contribution in [0.2, 0.25) is 0 Å². The summed E-state index contributed by atoms with van der Waals surface area (Å²) in [6.07, 6.45) is 0. The van der Waals surface area contributed by atoms with Crippen LogP contribution in [-0.4, -0.2) is 18.8 Å². The lowest BCUT2D eigenvalue weighted by atomic mass is 10.1. The number of ether oxygens (including phenoxy) is 2. The van der Waals surface area contributed by atoms with E-state index >= 15 is 0 Å². The predicted molar refractivity (Wildman–Crippen MR) is 75.0 cm³/mol. The highest BCUT2D eigenvalue weighted by Crippen LogP contribution is 2.24. The Morgan fingerprint density at radius 2 is 1.61 bits per heavy atom. The Morgan fingerprint density at radius 1 is 1.06 bits per heavy atom. The molecule has 0 aliphatic carbocycles. The van der Waals surface area contributed by atoms with E-state index in [2.05, 4.69) is 12.1 Å². The van der Waals surface area contributed by atoms with Crippen molar-refractivity contribution in [2.75, 3.05) is 13.2 Å². The number of aryl methyl sites for hydroxylation is 2. The van der Waals surface area contributed by atoms with Gasteiger partial charge in [0, 0.05) is 6.54 Å². The molecule has 3 nitrogen and oxygen atoms in total. The Hall–Kier alpha value is -1.06. The lowest BCUT2D eigenvalue weighted by molar-refractivity contribution is -0.0164. The molecule has 0 unspecified atom stereocenters. The minimum Gasteiger partial charge on any atom is -0.491 e. The zero-order valence-electron chi connectivity index (χ0n) is 12.2. The third-order valence-corrected chi connectivity index (χ3v) is 2.62. The molecule has 0 spiro atoms. The van der Waals surface area contributed by atoms with Crippen LogP contribution in [0.5, 0.6) is 5.75 Å². The quantitative estimate of drug-likeness (QED) is 0.818. The zero-order chi connectivity index (χ0) is 13.8. The zero-order valence-corrected chi connectivity index (χ0v) is 12.2.